The Kier molecular flexibility index (Phi) is 9.96. The van der Waals surface area contributed by atoms with Crippen LogP contribution in [0.25, 0.3) is 6.08 Å². The molecule has 47 heavy (non-hydrogen) atoms. The summed E-state index contributed by atoms with van der Waals surface area (Å²) in [4.78, 5) is 31.1. The second-order valence-corrected chi connectivity index (χ2v) is 11.6. The maximum Gasteiger partial charge on any atom is 0.270 e. The van der Waals surface area contributed by atoms with E-state index in [0.717, 1.165) is 27.8 Å². The van der Waals surface area contributed by atoms with Crippen molar-refractivity contribution in [2.45, 2.75) is 41.2 Å². The number of hydrogen-bond acceptors (Lipinski definition) is 7. The summed E-state index contributed by atoms with van der Waals surface area (Å²) < 4.78 is 23.0. The van der Waals surface area contributed by atoms with Gasteiger partial charge in [0.25, 0.3) is 11.8 Å². The van der Waals surface area contributed by atoms with Crippen molar-refractivity contribution in [2.24, 2.45) is 0 Å². The Labute approximate surface area is 281 Å². The molecule has 9 heteroatoms. The number of aryl methyl sites for hydroxylation is 4. The number of carbonyl (C=O) groups excluding carboxylic acids is 2. The van der Waals surface area contributed by atoms with Crippen LogP contribution in [0.1, 0.15) is 40.3 Å². The lowest BCUT2D eigenvalue weighted by molar-refractivity contribution is -0.120. The predicted octanol–water partition coefficient (Wildman–Crippen LogP) is 7.66. The maximum absolute atomic E-state index is 14.1. The normalized spacial score (nSPS) is 13.2. The molecule has 4 aromatic carbocycles. The van der Waals surface area contributed by atoms with Gasteiger partial charge in [0.15, 0.2) is 16.6 Å². The molecule has 0 aliphatic carbocycles. The molecule has 0 bridgehead atoms. The van der Waals surface area contributed by atoms with Crippen LogP contribution in [0.2, 0.25) is 0 Å². The Hall–Kier alpha value is -5.15. The Morgan fingerprint density at radius 1 is 0.660 bits per heavy atom. The fourth-order valence-corrected chi connectivity index (χ4v) is 5.61. The number of nitrogens with zero attached hydrogens (tertiary/aromatic N) is 2. The topological polar surface area (TPSA) is 77.5 Å². The molecule has 0 saturated carbocycles. The van der Waals surface area contributed by atoms with Crippen LogP contribution in [0.5, 0.6) is 23.0 Å². The molecule has 4 aromatic rings. The molecule has 1 fully saturated rings. The van der Waals surface area contributed by atoms with Crippen molar-refractivity contribution in [3.63, 3.8) is 0 Å². The van der Waals surface area contributed by atoms with E-state index < -0.39 is 11.8 Å². The smallest absolute Gasteiger partial charge is 0.270 e. The van der Waals surface area contributed by atoms with E-state index >= 15 is 0 Å². The molecule has 0 unspecified atom stereocenters. The van der Waals surface area contributed by atoms with E-state index in [2.05, 4.69) is 0 Å². The maximum atomic E-state index is 14.1. The van der Waals surface area contributed by atoms with E-state index in [-0.39, 0.29) is 17.3 Å². The second-order valence-electron chi connectivity index (χ2n) is 11.3. The molecule has 0 spiro atoms. The number of methoxy groups -OCH3 is 2. The summed E-state index contributed by atoms with van der Waals surface area (Å²) in [5.74, 6) is 1.29. The van der Waals surface area contributed by atoms with Gasteiger partial charge >= 0.3 is 0 Å². The van der Waals surface area contributed by atoms with E-state index in [1.54, 1.807) is 38.5 Å². The first-order valence-electron chi connectivity index (χ1n) is 15.3. The first-order chi connectivity index (χ1) is 22.6. The zero-order valence-corrected chi connectivity index (χ0v) is 28.5. The number of hydrogen-bond donors (Lipinski definition) is 0. The van der Waals surface area contributed by atoms with Gasteiger partial charge in [0.1, 0.15) is 23.7 Å². The largest absolute Gasteiger partial charge is 0.497 e. The van der Waals surface area contributed by atoms with Crippen LogP contribution in [0.15, 0.2) is 78.4 Å². The van der Waals surface area contributed by atoms with Crippen molar-refractivity contribution in [3.8, 4) is 23.0 Å². The van der Waals surface area contributed by atoms with Crippen LogP contribution in [0.3, 0.4) is 0 Å². The minimum absolute atomic E-state index is 0.0349. The van der Waals surface area contributed by atoms with Crippen molar-refractivity contribution in [2.75, 3.05) is 30.6 Å². The lowest BCUT2D eigenvalue weighted by Gasteiger charge is -2.37. The summed E-state index contributed by atoms with van der Waals surface area (Å²) in [7, 11) is 3.20. The number of thiocarbonyl (C=S) groups is 1. The minimum atomic E-state index is -0.508. The van der Waals surface area contributed by atoms with Gasteiger partial charge in [0, 0.05) is 5.56 Å². The first-order valence-corrected chi connectivity index (χ1v) is 15.7. The van der Waals surface area contributed by atoms with Crippen LogP contribution in [0.4, 0.5) is 11.4 Å². The Bertz CT molecular complexity index is 1820. The van der Waals surface area contributed by atoms with Gasteiger partial charge in [-0.25, -0.2) is 0 Å². The highest BCUT2D eigenvalue weighted by Crippen LogP contribution is 2.35. The zero-order chi connectivity index (χ0) is 33.8. The van der Waals surface area contributed by atoms with Gasteiger partial charge in [-0.15, -0.1) is 0 Å². The predicted molar refractivity (Wildman–Crippen MR) is 189 cm³/mol. The summed E-state index contributed by atoms with van der Waals surface area (Å²) in [6, 6.07) is 22.2. The van der Waals surface area contributed by atoms with Gasteiger partial charge < -0.3 is 18.9 Å². The summed E-state index contributed by atoms with van der Waals surface area (Å²) >= 11 is 5.84. The minimum Gasteiger partial charge on any atom is -0.497 e. The highest BCUT2D eigenvalue weighted by atomic mass is 32.1. The number of anilines is 2. The van der Waals surface area contributed by atoms with E-state index in [4.69, 9.17) is 31.2 Å². The van der Waals surface area contributed by atoms with Gasteiger partial charge in [-0.2, -0.15) is 0 Å². The standard InChI is InChI=1S/C38H38N2O6S/c1-8-45-35-20-27(11-15-34(35)46-22-28-21-31(43-6)14-16-33(28)44-7)19-32-36(41)39(29-12-9-23(2)25(4)17-29)38(47)40(37(32)42)30-13-10-24(3)26(5)18-30/h9-21H,8,22H2,1-7H3. The summed E-state index contributed by atoms with van der Waals surface area (Å²) in [6.45, 7) is 10.4. The molecule has 0 radical (unpaired) electrons. The molecule has 0 atom stereocenters. The fraction of sp³-hybridized carbons (Fsp3) is 0.237. The van der Waals surface area contributed by atoms with Crippen LogP contribution in [0, 0.1) is 27.7 Å². The van der Waals surface area contributed by atoms with Crippen molar-refractivity contribution >= 4 is 46.6 Å². The quantitative estimate of drug-likeness (QED) is 0.0991. The van der Waals surface area contributed by atoms with Crippen LogP contribution in [-0.2, 0) is 16.2 Å². The molecule has 2 amide bonds. The van der Waals surface area contributed by atoms with Crippen LogP contribution in [-0.4, -0.2) is 37.8 Å². The molecule has 1 saturated heterocycles. The zero-order valence-electron chi connectivity index (χ0n) is 27.7. The number of benzene rings is 4. The molecule has 242 valence electrons. The Balaban J connectivity index is 1.55. The van der Waals surface area contributed by atoms with Crippen LogP contribution >= 0.6 is 12.2 Å². The summed E-state index contributed by atoms with van der Waals surface area (Å²) in [5.41, 5.74) is 6.69. The second kappa shape index (κ2) is 14.1. The molecular weight excluding hydrogens is 612 g/mol. The van der Waals surface area contributed by atoms with Crippen molar-refractivity contribution < 1.29 is 28.5 Å². The van der Waals surface area contributed by atoms with Crippen molar-refractivity contribution in [1.29, 1.82) is 0 Å². The Morgan fingerprint density at radius 2 is 1.26 bits per heavy atom. The van der Waals surface area contributed by atoms with Gasteiger partial charge in [0.2, 0.25) is 0 Å². The van der Waals surface area contributed by atoms with E-state index in [0.29, 0.717) is 46.5 Å². The van der Waals surface area contributed by atoms with E-state index in [9.17, 15) is 9.59 Å². The average molecular weight is 651 g/mol. The fourth-order valence-electron chi connectivity index (χ4n) is 5.23. The average Bonchev–Trinajstić information content (AvgIpc) is 3.06. The van der Waals surface area contributed by atoms with E-state index in [1.807, 2.05) is 89.2 Å². The summed E-state index contributed by atoms with van der Waals surface area (Å²) in [5, 5.41) is 0.0929. The van der Waals surface area contributed by atoms with E-state index in [1.165, 1.54) is 9.80 Å². The first kappa shape index (κ1) is 33.2. The molecule has 1 heterocycles. The lowest BCUT2D eigenvalue weighted by atomic mass is 10.0. The lowest BCUT2D eigenvalue weighted by Crippen LogP contribution is -2.57. The summed E-state index contributed by atoms with van der Waals surface area (Å²) in [6.07, 6.45) is 1.58. The molecular formula is C38H38N2O6S. The third-order valence-corrected chi connectivity index (χ3v) is 8.56. The number of amides is 2. The van der Waals surface area contributed by atoms with Crippen molar-refractivity contribution in [1.82, 2.24) is 0 Å². The Morgan fingerprint density at radius 3 is 1.79 bits per heavy atom. The van der Waals surface area contributed by atoms with Gasteiger partial charge in [-0.3, -0.25) is 19.4 Å². The molecule has 5 rings (SSSR count). The SMILES string of the molecule is CCOc1cc(C=C2C(=O)N(c3ccc(C)c(C)c3)C(=S)N(c3ccc(C)c(C)c3)C2=O)ccc1OCc1cc(OC)ccc1OC. The van der Waals surface area contributed by atoms with Crippen LogP contribution < -0.4 is 28.7 Å². The highest BCUT2D eigenvalue weighted by Gasteiger charge is 2.41. The third kappa shape index (κ3) is 6.85. The highest BCUT2D eigenvalue weighted by molar-refractivity contribution is 7.81. The van der Waals surface area contributed by atoms with Gasteiger partial charge in [-0.1, -0.05) is 18.2 Å². The molecule has 8 nitrogen and oxygen atoms in total. The number of carbonyl (C=O) groups is 2. The monoisotopic (exact) mass is 650 g/mol. The molecule has 1 aliphatic heterocycles. The molecule has 0 N–H and O–H groups in total. The third-order valence-electron chi connectivity index (χ3n) is 8.20. The number of rotatable bonds is 10. The number of ether oxygens (including phenoxy) is 4. The van der Waals surface area contributed by atoms with Gasteiger partial charge in [-0.05, 0) is 135 Å². The molecule has 1 aliphatic rings. The van der Waals surface area contributed by atoms with Crippen molar-refractivity contribution in [3.05, 3.63) is 112 Å². The molecule has 0 aromatic heterocycles. The van der Waals surface area contributed by atoms with Gasteiger partial charge in [0.05, 0.1) is 32.2 Å².